The zero-order chi connectivity index (χ0) is 17.5. The minimum atomic E-state index is -0.147. The van der Waals surface area contributed by atoms with Crippen LogP contribution in [0.4, 0.5) is 11.4 Å². The standard InChI is InChI=1S/C18H26N4O2/c1-4-5-10-22-14(2)17(13-19-22)18(24)20-15-6-8-16(9-7-15)21(3)11-12-23/h6-9,13,23H,4-5,10-12H2,1-3H3,(H,20,24). The second-order valence-corrected chi connectivity index (χ2v) is 5.87. The Morgan fingerprint density at radius 1 is 1.33 bits per heavy atom. The SMILES string of the molecule is CCCCn1ncc(C(=O)Nc2ccc(N(C)CCO)cc2)c1C. The first-order valence-corrected chi connectivity index (χ1v) is 8.32. The average Bonchev–Trinajstić information content (AvgIpc) is 2.94. The van der Waals surface area contributed by atoms with Gasteiger partial charge < -0.3 is 15.3 Å². The molecule has 0 atom stereocenters. The molecule has 0 aliphatic rings. The molecular formula is C18H26N4O2. The molecule has 0 unspecified atom stereocenters. The van der Waals surface area contributed by atoms with Crippen molar-refractivity contribution in [3.63, 3.8) is 0 Å². The predicted molar refractivity (Wildman–Crippen MR) is 96.6 cm³/mol. The number of amides is 1. The maximum atomic E-state index is 12.4. The Hall–Kier alpha value is -2.34. The van der Waals surface area contributed by atoms with E-state index in [2.05, 4.69) is 17.3 Å². The summed E-state index contributed by atoms with van der Waals surface area (Å²) in [6.07, 6.45) is 3.77. The number of likely N-dealkylation sites (N-methyl/N-ethyl adjacent to an activating group) is 1. The van der Waals surface area contributed by atoms with Gasteiger partial charge in [0.15, 0.2) is 0 Å². The molecule has 0 aliphatic carbocycles. The molecule has 1 aromatic heterocycles. The van der Waals surface area contributed by atoms with E-state index >= 15 is 0 Å². The van der Waals surface area contributed by atoms with E-state index in [0.29, 0.717) is 12.1 Å². The fourth-order valence-electron chi connectivity index (χ4n) is 2.48. The number of anilines is 2. The molecule has 6 nitrogen and oxygen atoms in total. The number of hydrogen-bond donors (Lipinski definition) is 2. The van der Waals surface area contributed by atoms with Gasteiger partial charge in [0.1, 0.15) is 0 Å². The average molecular weight is 330 g/mol. The second-order valence-electron chi connectivity index (χ2n) is 5.87. The molecular weight excluding hydrogens is 304 g/mol. The van der Waals surface area contributed by atoms with E-state index in [1.54, 1.807) is 6.20 Å². The summed E-state index contributed by atoms with van der Waals surface area (Å²) in [4.78, 5) is 14.4. The molecule has 0 saturated heterocycles. The Bertz CT molecular complexity index is 664. The summed E-state index contributed by atoms with van der Waals surface area (Å²) >= 11 is 0. The summed E-state index contributed by atoms with van der Waals surface area (Å²) in [7, 11) is 1.91. The van der Waals surface area contributed by atoms with Gasteiger partial charge in [0.2, 0.25) is 0 Å². The Balaban J connectivity index is 2.03. The highest BCUT2D eigenvalue weighted by atomic mass is 16.3. The number of carbonyl (C=O) groups excluding carboxylic acids is 1. The molecule has 1 heterocycles. The van der Waals surface area contributed by atoms with Crippen LogP contribution in [0, 0.1) is 6.92 Å². The smallest absolute Gasteiger partial charge is 0.259 e. The van der Waals surface area contributed by atoms with Crippen LogP contribution in [0.25, 0.3) is 0 Å². The minimum Gasteiger partial charge on any atom is -0.395 e. The molecule has 1 aromatic carbocycles. The number of nitrogens with zero attached hydrogens (tertiary/aromatic N) is 3. The van der Waals surface area contributed by atoms with Crippen LogP contribution in [-0.4, -0.2) is 41.0 Å². The number of carbonyl (C=O) groups is 1. The summed E-state index contributed by atoms with van der Waals surface area (Å²) in [6.45, 7) is 5.57. The summed E-state index contributed by atoms with van der Waals surface area (Å²) < 4.78 is 1.88. The van der Waals surface area contributed by atoms with Crippen LogP contribution in [-0.2, 0) is 6.54 Å². The number of aliphatic hydroxyl groups is 1. The summed E-state index contributed by atoms with van der Waals surface area (Å²) in [5, 5.41) is 16.2. The first-order valence-electron chi connectivity index (χ1n) is 8.32. The molecule has 2 N–H and O–H groups in total. The summed E-state index contributed by atoms with van der Waals surface area (Å²) in [5.74, 6) is -0.147. The van der Waals surface area contributed by atoms with Crippen LogP contribution < -0.4 is 10.2 Å². The molecule has 0 bridgehead atoms. The van der Waals surface area contributed by atoms with Crippen LogP contribution >= 0.6 is 0 Å². The minimum absolute atomic E-state index is 0.107. The van der Waals surface area contributed by atoms with Crippen LogP contribution in [0.5, 0.6) is 0 Å². The van der Waals surface area contributed by atoms with Crippen LogP contribution in [0.2, 0.25) is 0 Å². The van der Waals surface area contributed by atoms with E-state index in [0.717, 1.165) is 36.5 Å². The van der Waals surface area contributed by atoms with Crippen molar-refractivity contribution in [2.24, 2.45) is 0 Å². The third-order valence-corrected chi connectivity index (χ3v) is 4.07. The van der Waals surface area contributed by atoms with Crippen LogP contribution in [0.3, 0.4) is 0 Å². The number of nitrogens with one attached hydrogen (secondary N) is 1. The van der Waals surface area contributed by atoms with Gasteiger partial charge in [0.25, 0.3) is 5.91 Å². The maximum absolute atomic E-state index is 12.4. The number of hydrogen-bond acceptors (Lipinski definition) is 4. The summed E-state index contributed by atoms with van der Waals surface area (Å²) in [6, 6.07) is 7.56. The van der Waals surface area contributed by atoms with Crippen molar-refractivity contribution in [1.29, 1.82) is 0 Å². The Kier molecular flexibility index (Phi) is 6.37. The Morgan fingerprint density at radius 2 is 2.04 bits per heavy atom. The largest absolute Gasteiger partial charge is 0.395 e. The van der Waals surface area contributed by atoms with E-state index in [9.17, 15) is 4.79 Å². The number of aliphatic hydroxyl groups excluding tert-OH is 1. The van der Waals surface area contributed by atoms with Crippen LogP contribution in [0.15, 0.2) is 30.5 Å². The Labute approximate surface area is 143 Å². The molecule has 6 heteroatoms. The Morgan fingerprint density at radius 3 is 2.67 bits per heavy atom. The monoisotopic (exact) mass is 330 g/mol. The lowest BCUT2D eigenvalue weighted by Crippen LogP contribution is -2.21. The molecule has 130 valence electrons. The van der Waals surface area contributed by atoms with Gasteiger partial charge >= 0.3 is 0 Å². The van der Waals surface area contributed by atoms with E-state index in [1.807, 2.05) is 47.8 Å². The molecule has 24 heavy (non-hydrogen) atoms. The molecule has 0 saturated carbocycles. The lowest BCUT2D eigenvalue weighted by atomic mass is 10.2. The van der Waals surface area contributed by atoms with Crippen molar-refractivity contribution in [1.82, 2.24) is 9.78 Å². The van der Waals surface area contributed by atoms with Crippen molar-refractivity contribution in [3.8, 4) is 0 Å². The van der Waals surface area contributed by atoms with Gasteiger partial charge in [-0.2, -0.15) is 5.10 Å². The van der Waals surface area contributed by atoms with Crippen molar-refractivity contribution in [2.45, 2.75) is 33.2 Å². The topological polar surface area (TPSA) is 70.4 Å². The second kappa shape index (κ2) is 8.49. The van der Waals surface area contributed by atoms with E-state index in [1.165, 1.54) is 0 Å². The van der Waals surface area contributed by atoms with Crippen molar-refractivity contribution in [3.05, 3.63) is 41.7 Å². The normalized spacial score (nSPS) is 10.7. The van der Waals surface area contributed by atoms with Crippen molar-refractivity contribution in [2.75, 3.05) is 30.4 Å². The number of rotatable bonds is 8. The highest BCUT2D eigenvalue weighted by molar-refractivity contribution is 6.04. The van der Waals surface area contributed by atoms with Gasteiger partial charge in [-0.05, 0) is 37.6 Å². The van der Waals surface area contributed by atoms with E-state index in [-0.39, 0.29) is 12.5 Å². The van der Waals surface area contributed by atoms with Crippen molar-refractivity contribution < 1.29 is 9.90 Å². The van der Waals surface area contributed by atoms with Gasteiger partial charge in [-0.15, -0.1) is 0 Å². The first-order chi connectivity index (χ1) is 11.6. The predicted octanol–water partition coefficient (Wildman–Crippen LogP) is 2.67. The molecule has 0 aliphatic heterocycles. The molecule has 2 aromatic rings. The lowest BCUT2D eigenvalue weighted by Gasteiger charge is -2.18. The van der Waals surface area contributed by atoms with Crippen molar-refractivity contribution >= 4 is 17.3 Å². The van der Waals surface area contributed by atoms with Gasteiger partial charge in [-0.1, -0.05) is 13.3 Å². The third-order valence-electron chi connectivity index (χ3n) is 4.07. The van der Waals surface area contributed by atoms with Gasteiger partial charge in [0, 0.05) is 37.2 Å². The van der Waals surface area contributed by atoms with E-state index in [4.69, 9.17) is 5.11 Å². The zero-order valence-electron chi connectivity index (χ0n) is 14.6. The molecule has 0 spiro atoms. The van der Waals surface area contributed by atoms with E-state index < -0.39 is 0 Å². The zero-order valence-corrected chi connectivity index (χ0v) is 14.6. The number of unbranched alkanes of at least 4 members (excludes halogenated alkanes) is 1. The lowest BCUT2D eigenvalue weighted by molar-refractivity contribution is 0.102. The molecule has 2 rings (SSSR count). The third kappa shape index (κ3) is 4.35. The highest BCUT2D eigenvalue weighted by Gasteiger charge is 2.14. The molecule has 0 fully saturated rings. The van der Waals surface area contributed by atoms with Gasteiger partial charge in [-0.3, -0.25) is 9.48 Å². The molecule has 1 amide bonds. The quantitative estimate of drug-likeness (QED) is 0.781. The highest BCUT2D eigenvalue weighted by Crippen LogP contribution is 2.18. The van der Waals surface area contributed by atoms with Gasteiger partial charge in [-0.25, -0.2) is 0 Å². The van der Waals surface area contributed by atoms with Gasteiger partial charge in [0.05, 0.1) is 18.4 Å². The number of aromatic nitrogens is 2. The fourth-order valence-corrected chi connectivity index (χ4v) is 2.48. The number of aryl methyl sites for hydroxylation is 1. The summed E-state index contributed by atoms with van der Waals surface area (Å²) in [5.41, 5.74) is 3.22. The fraction of sp³-hybridized carbons (Fsp3) is 0.444. The number of benzene rings is 1. The van der Waals surface area contributed by atoms with Crippen LogP contribution in [0.1, 0.15) is 35.8 Å². The first kappa shape index (κ1) is 18.0. The molecule has 0 radical (unpaired) electrons. The maximum Gasteiger partial charge on any atom is 0.259 e.